The number of piperidine rings is 1. The van der Waals surface area contributed by atoms with Crippen LogP contribution < -0.4 is 9.47 Å². The van der Waals surface area contributed by atoms with Gasteiger partial charge in [0, 0.05) is 24.5 Å². The van der Waals surface area contributed by atoms with E-state index < -0.39 is 16.6 Å². The second-order valence-electron chi connectivity index (χ2n) is 12.9. The van der Waals surface area contributed by atoms with E-state index in [0.29, 0.717) is 25.8 Å². The lowest BCUT2D eigenvalue weighted by atomic mass is 9.46. The van der Waals surface area contributed by atoms with Crippen LogP contribution in [0.4, 0.5) is 4.79 Å². The van der Waals surface area contributed by atoms with Crippen LogP contribution in [0.2, 0.25) is 0 Å². The van der Waals surface area contributed by atoms with E-state index >= 15 is 0 Å². The number of amides is 3. The third-order valence-electron chi connectivity index (χ3n) is 11.0. The predicted molar refractivity (Wildman–Crippen MR) is 154 cm³/mol. The monoisotopic (exact) mass is 559 g/mol. The molecule has 3 amide bonds. The maximum atomic E-state index is 14.5. The third-order valence-corrected chi connectivity index (χ3v) is 11.0. The summed E-state index contributed by atoms with van der Waals surface area (Å²) in [5.41, 5.74) is 0.616. The number of hydrogen-bond donors (Lipinski definition) is 1. The van der Waals surface area contributed by atoms with Crippen molar-refractivity contribution in [2.24, 2.45) is 5.92 Å². The number of likely N-dealkylation sites (N-methyl/N-ethyl adjacent to an activating group) is 1. The average Bonchev–Trinajstić information content (AvgIpc) is 3.79. The minimum Gasteiger partial charge on any atom is -0.497 e. The molecule has 1 spiro atoms. The molecule has 2 saturated carbocycles. The summed E-state index contributed by atoms with van der Waals surface area (Å²) in [6.07, 6.45) is 5.49. The normalized spacial score (nSPS) is 32.7. The lowest BCUT2D eigenvalue weighted by molar-refractivity contribution is -0.188. The number of carbonyl (C=O) groups excluding carboxylic acids is 2. The summed E-state index contributed by atoms with van der Waals surface area (Å²) in [7, 11) is 3.29. The zero-order chi connectivity index (χ0) is 28.6. The number of methoxy groups -OCH3 is 2. The van der Waals surface area contributed by atoms with Crippen molar-refractivity contribution in [1.29, 1.82) is 0 Å². The highest BCUT2D eigenvalue weighted by atomic mass is 16.5. The Morgan fingerprint density at radius 3 is 2.39 bits per heavy atom. The maximum absolute atomic E-state index is 14.5. The van der Waals surface area contributed by atoms with E-state index in [4.69, 9.17) is 9.47 Å². The van der Waals surface area contributed by atoms with E-state index in [1.807, 2.05) is 37.3 Å². The molecule has 7 rings (SSSR count). The predicted octanol–water partition coefficient (Wildman–Crippen LogP) is 4.12. The van der Waals surface area contributed by atoms with Crippen LogP contribution in [0.25, 0.3) is 0 Å². The van der Waals surface area contributed by atoms with Crippen LogP contribution in [-0.4, -0.2) is 82.8 Å². The quantitative estimate of drug-likeness (QED) is 0.514. The molecule has 2 aliphatic heterocycles. The minimum absolute atomic E-state index is 0.00720. The SMILES string of the molecule is CCN1C(=O)N(Cc2ccc(OC)cc2)C(=O)[C@@]12CC[C@@]1(O)[C@H]3Cc4ccc(OC)cc4[C@@]1(CCN3CC1CC1)C2. The molecule has 0 aromatic heterocycles. The molecule has 3 aliphatic carbocycles. The van der Waals surface area contributed by atoms with Crippen LogP contribution in [-0.2, 0) is 23.2 Å². The fourth-order valence-electron chi connectivity index (χ4n) is 8.77. The number of likely N-dealkylation sites (tertiary alicyclic amines) is 1. The van der Waals surface area contributed by atoms with Crippen LogP contribution in [0, 0.1) is 5.92 Å². The largest absolute Gasteiger partial charge is 0.497 e. The fourth-order valence-corrected chi connectivity index (χ4v) is 8.77. The van der Waals surface area contributed by atoms with Gasteiger partial charge < -0.3 is 19.5 Å². The highest BCUT2D eigenvalue weighted by Gasteiger charge is 2.71. The van der Waals surface area contributed by atoms with Crippen molar-refractivity contribution in [2.75, 3.05) is 33.9 Å². The number of hydrogen-bond acceptors (Lipinski definition) is 6. The first-order chi connectivity index (χ1) is 19.8. The Morgan fingerprint density at radius 1 is 0.976 bits per heavy atom. The van der Waals surface area contributed by atoms with Gasteiger partial charge in [-0.3, -0.25) is 14.6 Å². The van der Waals surface area contributed by atoms with E-state index in [1.54, 1.807) is 19.1 Å². The molecule has 4 atom stereocenters. The Morgan fingerprint density at radius 2 is 1.71 bits per heavy atom. The Balaban J connectivity index is 1.30. The Hall–Kier alpha value is -3.10. The van der Waals surface area contributed by atoms with E-state index in [1.165, 1.54) is 23.3 Å². The number of nitrogens with zero attached hydrogens (tertiary/aromatic N) is 3. The van der Waals surface area contributed by atoms with Crippen molar-refractivity contribution < 1.29 is 24.2 Å². The molecule has 8 nitrogen and oxygen atoms in total. The molecule has 218 valence electrons. The van der Waals surface area contributed by atoms with Crippen LogP contribution in [0.5, 0.6) is 11.5 Å². The lowest BCUT2D eigenvalue weighted by Gasteiger charge is -2.66. The van der Waals surface area contributed by atoms with Gasteiger partial charge >= 0.3 is 6.03 Å². The van der Waals surface area contributed by atoms with Crippen LogP contribution in [0.3, 0.4) is 0 Å². The van der Waals surface area contributed by atoms with Crippen molar-refractivity contribution in [2.45, 2.75) is 81.0 Å². The molecule has 2 bridgehead atoms. The fraction of sp³-hybridized carbons (Fsp3) is 0.576. The Bertz CT molecular complexity index is 1380. The summed E-state index contributed by atoms with van der Waals surface area (Å²) in [6.45, 7) is 4.55. The van der Waals surface area contributed by atoms with Crippen LogP contribution in [0.15, 0.2) is 42.5 Å². The first-order valence-corrected chi connectivity index (χ1v) is 15.2. The summed E-state index contributed by atoms with van der Waals surface area (Å²) in [4.78, 5) is 34.2. The van der Waals surface area contributed by atoms with Crippen LogP contribution >= 0.6 is 0 Å². The number of carbonyl (C=O) groups is 2. The molecule has 2 aromatic carbocycles. The van der Waals surface area contributed by atoms with Crippen molar-refractivity contribution in [3.05, 3.63) is 59.2 Å². The van der Waals surface area contributed by atoms with Gasteiger partial charge in [-0.2, -0.15) is 0 Å². The highest BCUT2D eigenvalue weighted by Crippen LogP contribution is 2.62. The van der Waals surface area contributed by atoms with Crippen molar-refractivity contribution >= 4 is 11.9 Å². The summed E-state index contributed by atoms with van der Waals surface area (Å²) in [6, 6.07) is 13.6. The van der Waals surface area contributed by atoms with Crippen molar-refractivity contribution in [1.82, 2.24) is 14.7 Å². The van der Waals surface area contributed by atoms with E-state index in [2.05, 4.69) is 17.0 Å². The number of imide groups is 1. The topological polar surface area (TPSA) is 82.5 Å². The molecule has 1 N–H and O–H groups in total. The highest BCUT2D eigenvalue weighted by molar-refractivity contribution is 6.07. The molecule has 8 heteroatoms. The number of ether oxygens (including phenoxy) is 2. The zero-order valence-electron chi connectivity index (χ0n) is 24.4. The molecular formula is C33H41N3O5. The van der Waals surface area contributed by atoms with E-state index in [9.17, 15) is 14.7 Å². The summed E-state index contributed by atoms with van der Waals surface area (Å²) < 4.78 is 11.0. The van der Waals surface area contributed by atoms with E-state index in [0.717, 1.165) is 54.5 Å². The van der Waals surface area contributed by atoms with Gasteiger partial charge in [0.1, 0.15) is 17.0 Å². The van der Waals surface area contributed by atoms with E-state index in [-0.39, 0.29) is 24.5 Å². The molecule has 41 heavy (non-hydrogen) atoms. The van der Waals surface area contributed by atoms with Gasteiger partial charge in [-0.15, -0.1) is 0 Å². The van der Waals surface area contributed by atoms with Crippen molar-refractivity contribution in [3.8, 4) is 11.5 Å². The smallest absolute Gasteiger partial charge is 0.327 e. The maximum Gasteiger partial charge on any atom is 0.327 e. The molecule has 5 aliphatic rings. The Kier molecular flexibility index (Phi) is 6.18. The van der Waals surface area contributed by atoms with Crippen LogP contribution in [0.1, 0.15) is 62.1 Å². The number of benzene rings is 2. The standard InChI is InChI=1S/C33H41N3O5/c1-4-36-30(38)35(20-23-7-10-25(40-2)11-8-23)29(37)32(36)13-14-33(39)28-17-24-9-12-26(41-3)18-27(24)31(33,21-32)15-16-34(28)19-22-5-6-22/h7-12,18,22,28,39H,4-6,13-17,19-21H2,1-3H3/t28-,31-,32+,33-/m1/s1. The van der Waals surface area contributed by atoms with Gasteiger partial charge in [0.05, 0.1) is 26.4 Å². The second kappa shape index (κ2) is 9.46. The molecule has 2 saturated heterocycles. The summed E-state index contributed by atoms with van der Waals surface area (Å²) in [5, 5.41) is 12.9. The summed E-state index contributed by atoms with van der Waals surface area (Å²) in [5.74, 6) is 2.10. The molecular weight excluding hydrogens is 518 g/mol. The number of rotatable bonds is 7. The van der Waals surface area contributed by atoms with Gasteiger partial charge in [-0.1, -0.05) is 18.2 Å². The molecule has 4 fully saturated rings. The zero-order valence-corrected chi connectivity index (χ0v) is 24.4. The molecule has 2 aromatic rings. The Labute approximate surface area is 242 Å². The van der Waals surface area contributed by atoms with Gasteiger partial charge in [0.2, 0.25) is 0 Å². The van der Waals surface area contributed by atoms with Gasteiger partial charge in [0.25, 0.3) is 5.91 Å². The second-order valence-corrected chi connectivity index (χ2v) is 12.9. The average molecular weight is 560 g/mol. The van der Waals surface area contributed by atoms with Gasteiger partial charge in [-0.05, 0) is 105 Å². The lowest BCUT2D eigenvalue weighted by Crippen LogP contribution is -2.76. The molecule has 0 radical (unpaired) electrons. The van der Waals surface area contributed by atoms with Crippen molar-refractivity contribution in [3.63, 3.8) is 0 Å². The molecule has 0 unspecified atom stereocenters. The number of fused-ring (bicyclic) bond motifs is 1. The first kappa shape index (κ1) is 26.8. The van der Waals surface area contributed by atoms with Gasteiger partial charge in [0.15, 0.2) is 0 Å². The third kappa shape index (κ3) is 3.79. The first-order valence-electron chi connectivity index (χ1n) is 15.2. The number of aliphatic hydroxyl groups is 1. The summed E-state index contributed by atoms with van der Waals surface area (Å²) >= 11 is 0. The number of urea groups is 1. The molecule has 2 heterocycles. The van der Waals surface area contributed by atoms with Gasteiger partial charge in [-0.25, -0.2) is 4.79 Å². The minimum atomic E-state index is -0.981.